The summed E-state index contributed by atoms with van der Waals surface area (Å²) in [4.78, 5) is 38.3. The molecular formula is C20H11Br2ClN2O4. The van der Waals surface area contributed by atoms with E-state index in [9.17, 15) is 14.4 Å². The average molecular weight is 539 g/mol. The first-order valence-electron chi connectivity index (χ1n) is 8.04. The van der Waals surface area contributed by atoms with Gasteiger partial charge >= 0.3 is 6.03 Å². The molecule has 29 heavy (non-hydrogen) atoms. The topological polar surface area (TPSA) is 75.7 Å². The highest BCUT2D eigenvalue weighted by Gasteiger charge is 2.36. The van der Waals surface area contributed by atoms with Crippen LogP contribution in [-0.2, 0) is 9.59 Å². The summed E-state index contributed by atoms with van der Waals surface area (Å²) in [6, 6.07) is 8.85. The van der Waals surface area contributed by atoms with Gasteiger partial charge in [0.05, 0.1) is 15.2 Å². The number of terminal acetylenes is 1. The van der Waals surface area contributed by atoms with E-state index in [2.05, 4.69) is 43.1 Å². The first kappa shape index (κ1) is 21.1. The second-order valence-electron chi connectivity index (χ2n) is 5.74. The van der Waals surface area contributed by atoms with Crippen molar-refractivity contribution in [2.24, 2.45) is 0 Å². The van der Waals surface area contributed by atoms with Crippen LogP contribution in [0.3, 0.4) is 0 Å². The van der Waals surface area contributed by atoms with Crippen molar-refractivity contribution in [2.45, 2.75) is 0 Å². The normalized spacial score (nSPS) is 15.3. The summed E-state index contributed by atoms with van der Waals surface area (Å²) in [5, 5.41) is 2.41. The van der Waals surface area contributed by atoms with E-state index in [0.717, 1.165) is 9.37 Å². The Morgan fingerprint density at radius 2 is 1.86 bits per heavy atom. The molecule has 0 radical (unpaired) electrons. The number of hydrogen-bond acceptors (Lipinski definition) is 4. The number of urea groups is 1. The Bertz CT molecular complexity index is 1070. The standard InChI is InChI=1S/C20H11Br2ClN2O4/c1-2-7-29-17-15(22)9-11(10-16(17)23)8-14-18(26)24-20(28)25(19(14)27)13-5-3-12(21)4-6-13/h1,3-6,8-10H,7H2,(H,24,26,28)/b14-8+. The first-order chi connectivity index (χ1) is 13.8. The summed E-state index contributed by atoms with van der Waals surface area (Å²) in [5.41, 5.74) is 0.567. The minimum atomic E-state index is -0.822. The molecule has 2 aromatic carbocycles. The summed E-state index contributed by atoms with van der Waals surface area (Å²) in [5.74, 6) is 1.14. The number of amides is 4. The largest absolute Gasteiger partial charge is 0.478 e. The fourth-order valence-electron chi connectivity index (χ4n) is 2.56. The van der Waals surface area contributed by atoms with Gasteiger partial charge in [-0.1, -0.05) is 33.5 Å². The average Bonchev–Trinajstić information content (AvgIpc) is 2.66. The van der Waals surface area contributed by atoms with Crippen molar-refractivity contribution in [2.75, 3.05) is 11.5 Å². The van der Waals surface area contributed by atoms with Gasteiger partial charge in [0.1, 0.15) is 12.2 Å². The molecule has 0 unspecified atom stereocenters. The molecule has 9 heteroatoms. The maximum atomic E-state index is 12.9. The van der Waals surface area contributed by atoms with Crippen LogP contribution < -0.4 is 15.0 Å². The molecule has 0 atom stereocenters. The van der Waals surface area contributed by atoms with E-state index in [1.165, 1.54) is 12.1 Å². The van der Waals surface area contributed by atoms with Crippen LogP contribution in [0.25, 0.3) is 6.08 Å². The van der Waals surface area contributed by atoms with Gasteiger partial charge in [0.25, 0.3) is 11.8 Å². The molecule has 1 aliphatic rings. The molecule has 4 amide bonds. The summed E-state index contributed by atoms with van der Waals surface area (Å²) in [7, 11) is 0. The van der Waals surface area contributed by atoms with Crippen molar-refractivity contribution in [3.8, 4) is 18.1 Å². The van der Waals surface area contributed by atoms with E-state index in [1.54, 1.807) is 30.3 Å². The molecule has 0 aliphatic carbocycles. The number of benzene rings is 2. The van der Waals surface area contributed by atoms with Gasteiger partial charge in [-0.05, 0) is 64.0 Å². The number of nitrogens with one attached hydrogen (secondary N) is 1. The molecule has 0 bridgehead atoms. The molecule has 1 N–H and O–H groups in total. The minimum absolute atomic E-state index is 0.0317. The predicted molar refractivity (Wildman–Crippen MR) is 117 cm³/mol. The fourth-order valence-corrected chi connectivity index (χ4v) is 3.82. The van der Waals surface area contributed by atoms with Gasteiger partial charge in [0.15, 0.2) is 5.75 Å². The number of carbonyl (C=O) groups excluding carboxylic acids is 3. The van der Waals surface area contributed by atoms with Crippen molar-refractivity contribution >= 4 is 73.1 Å². The Kier molecular flexibility index (Phi) is 6.42. The lowest BCUT2D eigenvalue weighted by molar-refractivity contribution is -0.122. The second-order valence-corrected chi connectivity index (χ2v) is 7.92. The zero-order valence-corrected chi connectivity index (χ0v) is 18.5. The molecule has 0 saturated carbocycles. The molecule has 6 nitrogen and oxygen atoms in total. The Morgan fingerprint density at radius 3 is 2.48 bits per heavy atom. The molecule has 146 valence electrons. The van der Waals surface area contributed by atoms with E-state index >= 15 is 0 Å². The van der Waals surface area contributed by atoms with Gasteiger partial charge in [-0.15, -0.1) is 6.42 Å². The highest BCUT2D eigenvalue weighted by atomic mass is 79.9. The van der Waals surface area contributed by atoms with Gasteiger partial charge in [0.2, 0.25) is 0 Å². The minimum Gasteiger partial charge on any atom is -0.478 e. The van der Waals surface area contributed by atoms with Gasteiger partial charge in [0, 0.05) is 4.47 Å². The molecule has 1 fully saturated rings. The highest BCUT2D eigenvalue weighted by Crippen LogP contribution is 2.35. The zero-order valence-electron chi connectivity index (χ0n) is 14.5. The maximum absolute atomic E-state index is 12.9. The third kappa shape index (κ3) is 4.53. The van der Waals surface area contributed by atoms with Crippen LogP contribution in [-0.4, -0.2) is 24.5 Å². The van der Waals surface area contributed by atoms with Crippen molar-refractivity contribution in [1.82, 2.24) is 5.32 Å². The number of imide groups is 2. The number of anilines is 1. The third-order valence-electron chi connectivity index (χ3n) is 3.82. The number of halogens is 3. The Labute approximate surface area is 188 Å². The predicted octanol–water partition coefficient (Wildman–Crippen LogP) is 4.54. The maximum Gasteiger partial charge on any atom is 0.335 e. The summed E-state index contributed by atoms with van der Waals surface area (Å²) in [6.07, 6.45) is 6.53. The van der Waals surface area contributed by atoms with Crippen LogP contribution in [0.1, 0.15) is 5.56 Å². The van der Waals surface area contributed by atoms with Gasteiger partial charge in [-0.25, -0.2) is 9.69 Å². The van der Waals surface area contributed by atoms with E-state index in [1.807, 2.05) is 0 Å². The van der Waals surface area contributed by atoms with Crippen LogP contribution in [0.15, 0.2) is 50.9 Å². The summed E-state index contributed by atoms with van der Waals surface area (Å²) >= 11 is 12.8. The smallest absolute Gasteiger partial charge is 0.335 e. The number of barbiturate groups is 1. The van der Waals surface area contributed by atoms with Crippen LogP contribution in [0.4, 0.5) is 10.5 Å². The monoisotopic (exact) mass is 536 g/mol. The SMILES string of the molecule is C#CCOc1c(Cl)cc(/C=C2\C(=O)NC(=O)N(c3ccc(Br)cc3)C2=O)cc1Br. The highest BCUT2D eigenvalue weighted by molar-refractivity contribution is 9.10. The molecule has 1 aliphatic heterocycles. The van der Waals surface area contributed by atoms with Gasteiger partial charge < -0.3 is 4.74 Å². The van der Waals surface area contributed by atoms with Crippen LogP contribution in [0, 0.1) is 12.3 Å². The zero-order chi connectivity index (χ0) is 21.1. The molecular weight excluding hydrogens is 527 g/mol. The lowest BCUT2D eigenvalue weighted by atomic mass is 10.1. The lowest BCUT2D eigenvalue weighted by Crippen LogP contribution is -2.54. The number of nitrogens with zero attached hydrogens (tertiary/aromatic N) is 1. The quantitative estimate of drug-likeness (QED) is 0.352. The Hall–Kier alpha value is -2.60. The van der Waals surface area contributed by atoms with E-state index in [0.29, 0.717) is 21.5 Å². The van der Waals surface area contributed by atoms with E-state index in [4.69, 9.17) is 22.8 Å². The molecule has 3 rings (SSSR count). The summed E-state index contributed by atoms with van der Waals surface area (Å²) < 4.78 is 6.64. The number of rotatable bonds is 4. The van der Waals surface area contributed by atoms with Crippen molar-refractivity contribution in [3.05, 3.63) is 61.5 Å². The van der Waals surface area contributed by atoms with Crippen LogP contribution in [0.2, 0.25) is 5.02 Å². The molecule has 0 aromatic heterocycles. The Balaban J connectivity index is 1.98. The first-order valence-corrected chi connectivity index (χ1v) is 10.0. The lowest BCUT2D eigenvalue weighted by Gasteiger charge is -2.26. The number of carbonyl (C=O) groups is 3. The van der Waals surface area contributed by atoms with Crippen molar-refractivity contribution in [3.63, 3.8) is 0 Å². The number of ether oxygens (including phenoxy) is 1. The van der Waals surface area contributed by atoms with Crippen molar-refractivity contribution in [1.29, 1.82) is 0 Å². The van der Waals surface area contributed by atoms with Gasteiger partial charge in [-0.2, -0.15) is 0 Å². The fraction of sp³-hybridized carbons (Fsp3) is 0.0500. The third-order valence-corrected chi connectivity index (χ3v) is 5.22. The second kappa shape index (κ2) is 8.82. The molecule has 1 heterocycles. The Morgan fingerprint density at radius 1 is 1.17 bits per heavy atom. The van der Waals surface area contributed by atoms with Crippen molar-refractivity contribution < 1.29 is 19.1 Å². The molecule has 1 saturated heterocycles. The van der Waals surface area contributed by atoms with Crippen LogP contribution in [0.5, 0.6) is 5.75 Å². The van der Waals surface area contributed by atoms with E-state index in [-0.39, 0.29) is 17.2 Å². The molecule has 2 aromatic rings. The number of hydrogen-bond donors (Lipinski definition) is 1. The van der Waals surface area contributed by atoms with Gasteiger partial charge in [-0.3, -0.25) is 14.9 Å². The van der Waals surface area contributed by atoms with E-state index < -0.39 is 17.8 Å². The van der Waals surface area contributed by atoms with Crippen LogP contribution >= 0.6 is 43.5 Å². The summed E-state index contributed by atoms with van der Waals surface area (Å²) in [6.45, 7) is 0.0317. The molecule has 0 spiro atoms.